The van der Waals surface area contributed by atoms with Gasteiger partial charge in [-0.25, -0.2) is 0 Å². The summed E-state index contributed by atoms with van der Waals surface area (Å²) in [4.78, 5) is 6.77. The zero-order valence-corrected chi connectivity index (χ0v) is 10.9. The largest absolute Gasteiger partial charge is 0.355 e. The maximum Gasteiger partial charge on any atom is 0.110 e. The number of hydrogen-bond donors (Lipinski definition) is 0. The fourth-order valence-corrected chi connectivity index (χ4v) is 2.38. The van der Waals surface area contributed by atoms with Gasteiger partial charge in [0.15, 0.2) is 0 Å². The first kappa shape index (κ1) is 11.3. The number of rotatable bonds is 1. The molecule has 1 heterocycles. The van der Waals surface area contributed by atoms with Crippen molar-refractivity contribution in [2.24, 2.45) is 4.99 Å². The van der Waals surface area contributed by atoms with E-state index in [0.717, 1.165) is 21.9 Å². The molecule has 2 aromatic rings. The topological polar surface area (TPSA) is 15.6 Å². The second-order valence-corrected chi connectivity index (χ2v) is 4.81. The summed E-state index contributed by atoms with van der Waals surface area (Å²) in [5.41, 5.74) is 4.43. The highest BCUT2D eigenvalue weighted by Crippen LogP contribution is 2.29. The van der Waals surface area contributed by atoms with E-state index in [-0.39, 0.29) is 0 Å². The average Bonchev–Trinajstić information content (AvgIpc) is 2.40. The summed E-state index contributed by atoms with van der Waals surface area (Å²) in [7, 11) is 2.04. The van der Waals surface area contributed by atoms with Gasteiger partial charge in [-0.2, -0.15) is 0 Å². The monoisotopic (exact) mass is 256 g/mol. The van der Waals surface area contributed by atoms with Crippen LogP contribution in [0.25, 0.3) is 0 Å². The van der Waals surface area contributed by atoms with Gasteiger partial charge in [-0.15, -0.1) is 0 Å². The molecule has 0 saturated heterocycles. The molecule has 2 nitrogen and oxygen atoms in total. The number of aliphatic imine (C=N–C) groups is 1. The Morgan fingerprint density at radius 1 is 1.11 bits per heavy atom. The van der Waals surface area contributed by atoms with Crippen LogP contribution in [-0.2, 0) is 0 Å². The maximum atomic E-state index is 6.10. The lowest BCUT2D eigenvalue weighted by atomic mass is 9.99. The minimum atomic E-state index is 0.679. The summed E-state index contributed by atoms with van der Waals surface area (Å²) in [6.07, 6.45) is 0. The molecule has 0 radical (unpaired) electrons. The van der Waals surface area contributed by atoms with Crippen LogP contribution in [-0.4, -0.2) is 19.4 Å². The number of nitrogens with zero attached hydrogens (tertiary/aromatic N) is 2. The van der Waals surface area contributed by atoms with Crippen molar-refractivity contribution < 1.29 is 0 Å². The molecule has 0 atom stereocenters. The average molecular weight is 257 g/mol. The van der Waals surface area contributed by atoms with Crippen molar-refractivity contribution >= 4 is 23.0 Å². The van der Waals surface area contributed by atoms with Crippen LogP contribution < -0.4 is 4.90 Å². The van der Waals surface area contributed by atoms with E-state index in [4.69, 9.17) is 11.6 Å². The normalized spacial score (nSPS) is 14.1. The summed E-state index contributed by atoms with van der Waals surface area (Å²) in [5, 5.41) is 0.743. The minimum absolute atomic E-state index is 0.679. The van der Waals surface area contributed by atoms with Crippen LogP contribution in [0.5, 0.6) is 0 Å². The van der Waals surface area contributed by atoms with E-state index in [2.05, 4.69) is 28.1 Å². The van der Waals surface area contributed by atoms with Gasteiger partial charge in [-0.1, -0.05) is 41.9 Å². The van der Waals surface area contributed by atoms with Crippen LogP contribution in [0, 0.1) is 0 Å². The van der Waals surface area contributed by atoms with Crippen LogP contribution >= 0.6 is 11.6 Å². The molecule has 3 rings (SSSR count). The Morgan fingerprint density at radius 2 is 1.89 bits per heavy atom. The highest BCUT2D eigenvalue weighted by Gasteiger charge is 2.18. The summed E-state index contributed by atoms with van der Waals surface area (Å²) in [6, 6.07) is 16.2. The van der Waals surface area contributed by atoms with Crippen LogP contribution in [0.15, 0.2) is 53.5 Å². The van der Waals surface area contributed by atoms with Gasteiger partial charge in [-0.05, 0) is 18.2 Å². The van der Waals surface area contributed by atoms with Crippen molar-refractivity contribution in [1.29, 1.82) is 0 Å². The molecule has 1 aliphatic heterocycles. The van der Waals surface area contributed by atoms with Gasteiger partial charge in [0, 0.05) is 28.9 Å². The van der Waals surface area contributed by atoms with Gasteiger partial charge in [-0.3, -0.25) is 4.99 Å². The summed E-state index contributed by atoms with van der Waals surface area (Å²) in [6.45, 7) is 0.679. The zero-order chi connectivity index (χ0) is 12.5. The Bertz CT molecular complexity index is 605. The number of halogens is 1. The number of anilines is 1. The molecule has 18 heavy (non-hydrogen) atoms. The second-order valence-electron chi connectivity index (χ2n) is 4.37. The third kappa shape index (κ3) is 1.89. The Morgan fingerprint density at radius 3 is 2.67 bits per heavy atom. The van der Waals surface area contributed by atoms with Crippen molar-refractivity contribution in [2.45, 2.75) is 0 Å². The lowest BCUT2D eigenvalue weighted by Gasteiger charge is -2.26. The Kier molecular flexibility index (Phi) is 2.80. The SMILES string of the molecule is CN1CN=C(c2ccccc2)c2cc(Cl)ccc21. The smallest absolute Gasteiger partial charge is 0.110 e. The van der Waals surface area contributed by atoms with Crippen molar-refractivity contribution in [3.8, 4) is 0 Å². The van der Waals surface area contributed by atoms with E-state index in [1.54, 1.807) is 0 Å². The van der Waals surface area contributed by atoms with Crippen molar-refractivity contribution in [3.05, 3.63) is 64.7 Å². The molecule has 2 aromatic carbocycles. The molecule has 0 aliphatic carbocycles. The first-order valence-electron chi connectivity index (χ1n) is 5.86. The maximum absolute atomic E-state index is 6.10. The van der Waals surface area contributed by atoms with Crippen LogP contribution in [0.1, 0.15) is 11.1 Å². The van der Waals surface area contributed by atoms with Gasteiger partial charge in [0.1, 0.15) is 6.67 Å². The summed E-state index contributed by atoms with van der Waals surface area (Å²) < 4.78 is 0. The van der Waals surface area contributed by atoms with E-state index in [1.807, 2.05) is 37.4 Å². The van der Waals surface area contributed by atoms with E-state index in [1.165, 1.54) is 5.69 Å². The molecule has 90 valence electrons. The van der Waals surface area contributed by atoms with Gasteiger partial charge in [0.2, 0.25) is 0 Å². The molecule has 0 bridgehead atoms. The molecule has 0 aromatic heterocycles. The lowest BCUT2D eigenvalue weighted by Crippen LogP contribution is -2.26. The first-order valence-corrected chi connectivity index (χ1v) is 6.24. The molecule has 0 unspecified atom stereocenters. The molecular formula is C15H13ClN2. The van der Waals surface area contributed by atoms with Crippen LogP contribution in [0.4, 0.5) is 5.69 Å². The van der Waals surface area contributed by atoms with E-state index < -0.39 is 0 Å². The third-order valence-corrected chi connectivity index (χ3v) is 3.35. The fraction of sp³-hybridized carbons (Fsp3) is 0.133. The Labute approximate surface area is 112 Å². The molecule has 0 saturated carbocycles. The number of hydrogen-bond acceptors (Lipinski definition) is 2. The van der Waals surface area contributed by atoms with Gasteiger partial charge < -0.3 is 4.90 Å². The zero-order valence-electron chi connectivity index (χ0n) is 10.1. The van der Waals surface area contributed by atoms with Gasteiger partial charge >= 0.3 is 0 Å². The van der Waals surface area contributed by atoms with Crippen molar-refractivity contribution in [3.63, 3.8) is 0 Å². The van der Waals surface area contributed by atoms with Gasteiger partial charge in [0.05, 0.1) is 5.71 Å². The minimum Gasteiger partial charge on any atom is -0.355 e. The van der Waals surface area contributed by atoms with Crippen LogP contribution in [0.2, 0.25) is 5.02 Å². The Hall–Kier alpha value is -1.80. The quantitative estimate of drug-likeness (QED) is 0.761. The van der Waals surface area contributed by atoms with Crippen molar-refractivity contribution in [2.75, 3.05) is 18.6 Å². The Balaban J connectivity index is 2.17. The number of benzene rings is 2. The molecule has 1 aliphatic rings. The predicted molar refractivity (Wildman–Crippen MR) is 76.8 cm³/mol. The number of fused-ring (bicyclic) bond motifs is 1. The molecule has 0 N–H and O–H groups in total. The summed E-state index contributed by atoms with van der Waals surface area (Å²) >= 11 is 6.10. The highest BCUT2D eigenvalue weighted by atomic mass is 35.5. The highest BCUT2D eigenvalue weighted by molar-refractivity contribution is 6.31. The molecule has 0 spiro atoms. The fourth-order valence-electron chi connectivity index (χ4n) is 2.21. The van der Waals surface area contributed by atoms with E-state index in [9.17, 15) is 0 Å². The summed E-state index contributed by atoms with van der Waals surface area (Å²) in [5.74, 6) is 0. The first-order chi connectivity index (χ1) is 8.75. The molecule has 0 amide bonds. The van der Waals surface area contributed by atoms with Gasteiger partial charge in [0.25, 0.3) is 0 Å². The predicted octanol–water partition coefficient (Wildman–Crippen LogP) is 3.58. The third-order valence-electron chi connectivity index (χ3n) is 3.11. The molecule has 0 fully saturated rings. The van der Waals surface area contributed by atoms with E-state index in [0.29, 0.717) is 6.67 Å². The van der Waals surface area contributed by atoms with E-state index >= 15 is 0 Å². The van der Waals surface area contributed by atoms with Crippen LogP contribution in [0.3, 0.4) is 0 Å². The molecular weight excluding hydrogens is 244 g/mol. The second kappa shape index (κ2) is 4.46. The van der Waals surface area contributed by atoms with Crippen molar-refractivity contribution in [1.82, 2.24) is 0 Å². The standard InChI is InChI=1S/C15H13ClN2/c1-18-10-17-15(11-5-3-2-4-6-11)13-9-12(16)7-8-14(13)18/h2-9H,10H2,1H3. The lowest BCUT2D eigenvalue weighted by molar-refractivity contribution is 0.917. The molecule has 3 heteroatoms.